The molecule has 2 heterocycles. The molecule has 0 unspecified atom stereocenters. The third kappa shape index (κ3) is 14.7. The number of allylic oxidation sites excluding steroid dienone is 6. The smallest absolute Gasteiger partial charge is 0.259 e. The summed E-state index contributed by atoms with van der Waals surface area (Å²) in [6.07, 6.45) is 10.4. The Bertz CT molecular complexity index is 943. The number of nitrogens with one attached hydrogen (secondary N) is 2. The largest absolute Gasteiger partial charge is 0.492 e. The van der Waals surface area contributed by atoms with Crippen molar-refractivity contribution < 1.29 is 19.1 Å². The normalized spacial score (nSPS) is 18.1. The van der Waals surface area contributed by atoms with Gasteiger partial charge in [0.15, 0.2) is 0 Å². The lowest BCUT2D eigenvalue weighted by molar-refractivity contribution is -0.129. The van der Waals surface area contributed by atoms with Gasteiger partial charge in [0, 0.05) is 56.9 Å². The van der Waals surface area contributed by atoms with Crippen LogP contribution in [0.2, 0.25) is 0 Å². The zero-order valence-corrected chi connectivity index (χ0v) is 25.3. The van der Waals surface area contributed by atoms with Gasteiger partial charge in [0.2, 0.25) is 5.91 Å². The van der Waals surface area contributed by atoms with Gasteiger partial charge in [-0.25, -0.2) is 0 Å². The number of morpholine rings is 1. The molecule has 0 aromatic heterocycles. The minimum absolute atomic E-state index is 0.107. The fourth-order valence-electron chi connectivity index (χ4n) is 3.54. The maximum atomic E-state index is 12.3. The Balaban J connectivity index is 0.00000107. The number of hydrogen-bond acceptors (Lipinski definition) is 8. The molecule has 0 atom stereocenters. The molecule has 0 radical (unpaired) electrons. The SMILES string of the molecule is C=CC(=C)N(CC)CCN.C=C\C=C(/C=C1\CC(=O)NC(=O)\C1=C/N/C(C)=C/C)OCCN1CCOCC1.CC. The zero-order valence-electron chi connectivity index (χ0n) is 25.3. The fraction of sp³-hybridized carbons (Fsp3) is 0.484. The van der Waals surface area contributed by atoms with E-state index in [0.29, 0.717) is 30.1 Å². The van der Waals surface area contributed by atoms with Crippen LogP contribution in [-0.4, -0.2) is 80.7 Å². The van der Waals surface area contributed by atoms with Gasteiger partial charge < -0.3 is 25.4 Å². The summed E-state index contributed by atoms with van der Waals surface area (Å²) in [5.41, 5.74) is 8.25. The Labute approximate surface area is 241 Å². The summed E-state index contributed by atoms with van der Waals surface area (Å²) < 4.78 is 11.2. The molecule has 9 heteroatoms. The molecule has 0 bridgehead atoms. The molecule has 9 nitrogen and oxygen atoms in total. The molecule has 2 saturated heterocycles. The first-order chi connectivity index (χ1) is 19.3. The maximum absolute atomic E-state index is 12.3. The minimum atomic E-state index is -0.426. The molecule has 0 saturated carbocycles. The number of nitrogens with two attached hydrogens (primary N) is 1. The highest BCUT2D eigenvalue weighted by Gasteiger charge is 2.25. The quantitative estimate of drug-likeness (QED) is 0.136. The van der Waals surface area contributed by atoms with Gasteiger partial charge in [-0.2, -0.15) is 0 Å². The van der Waals surface area contributed by atoms with Crippen molar-refractivity contribution in [3.05, 3.63) is 84.6 Å². The molecule has 2 rings (SSSR count). The summed E-state index contributed by atoms with van der Waals surface area (Å²) >= 11 is 0. The average Bonchev–Trinajstić information content (AvgIpc) is 2.96. The van der Waals surface area contributed by atoms with Gasteiger partial charge in [0.05, 0.1) is 25.2 Å². The van der Waals surface area contributed by atoms with Crippen molar-refractivity contribution in [1.82, 2.24) is 20.4 Å². The molecule has 0 aliphatic carbocycles. The molecule has 2 aliphatic rings. The van der Waals surface area contributed by atoms with Crippen molar-refractivity contribution in [2.45, 2.75) is 41.0 Å². The van der Waals surface area contributed by atoms with Crippen LogP contribution in [0.4, 0.5) is 0 Å². The highest BCUT2D eigenvalue weighted by molar-refractivity contribution is 6.11. The van der Waals surface area contributed by atoms with Crippen LogP contribution in [0.1, 0.15) is 41.0 Å². The van der Waals surface area contributed by atoms with Gasteiger partial charge in [-0.1, -0.05) is 45.7 Å². The predicted octanol–water partition coefficient (Wildman–Crippen LogP) is 3.77. The van der Waals surface area contributed by atoms with E-state index in [1.165, 1.54) is 0 Å². The number of ether oxygens (including phenoxy) is 2. The lowest BCUT2D eigenvalue weighted by Crippen LogP contribution is -2.38. The number of rotatable bonds is 13. The van der Waals surface area contributed by atoms with E-state index in [4.69, 9.17) is 15.2 Å². The maximum Gasteiger partial charge on any atom is 0.259 e. The van der Waals surface area contributed by atoms with Crippen molar-refractivity contribution in [3.8, 4) is 0 Å². The van der Waals surface area contributed by atoms with E-state index >= 15 is 0 Å². The van der Waals surface area contributed by atoms with Gasteiger partial charge in [0.1, 0.15) is 12.4 Å². The molecule has 2 fully saturated rings. The van der Waals surface area contributed by atoms with Crippen LogP contribution < -0.4 is 16.4 Å². The lowest BCUT2D eigenvalue weighted by Gasteiger charge is -2.26. The molecule has 0 aromatic rings. The van der Waals surface area contributed by atoms with Crippen molar-refractivity contribution in [1.29, 1.82) is 0 Å². The van der Waals surface area contributed by atoms with Crippen LogP contribution in [0.15, 0.2) is 84.6 Å². The van der Waals surface area contributed by atoms with E-state index in [2.05, 4.69) is 47.1 Å². The van der Waals surface area contributed by atoms with Crippen molar-refractivity contribution >= 4 is 11.8 Å². The van der Waals surface area contributed by atoms with Gasteiger partial charge in [-0.05, 0) is 44.6 Å². The molecular weight excluding hydrogens is 506 g/mol. The van der Waals surface area contributed by atoms with Crippen LogP contribution in [0, 0.1) is 0 Å². The first-order valence-corrected chi connectivity index (χ1v) is 14.0. The number of likely N-dealkylation sites (N-methyl/N-ethyl adjacent to an activating group) is 1. The van der Waals surface area contributed by atoms with Crippen molar-refractivity contribution in [2.24, 2.45) is 5.73 Å². The first kappa shape index (κ1) is 36.6. The predicted molar refractivity (Wildman–Crippen MR) is 165 cm³/mol. The van der Waals surface area contributed by atoms with E-state index in [-0.39, 0.29) is 12.3 Å². The second-order valence-electron chi connectivity index (χ2n) is 8.57. The van der Waals surface area contributed by atoms with Crippen LogP contribution in [0.3, 0.4) is 0 Å². The average molecular weight is 558 g/mol. The Morgan fingerprint density at radius 1 is 1.25 bits per heavy atom. The van der Waals surface area contributed by atoms with E-state index in [0.717, 1.165) is 57.3 Å². The summed E-state index contributed by atoms with van der Waals surface area (Å²) in [5.74, 6) is -0.193. The van der Waals surface area contributed by atoms with Crippen LogP contribution >= 0.6 is 0 Å². The Hall–Kier alpha value is -3.40. The van der Waals surface area contributed by atoms with Gasteiger partial charge >= 0.3 is 0 Å². The Kier molecular flexibility index (Phi) is 20.5. The lowest BCUT2D eigenvalue weighted by atomic mass is 9.97. The third-order valence-corrected chi connectivity index (χ3v) is 5.87. The molecule has 4 N–H and O–H groups in total. The van der Waals surface area contributed by atoms with E-state index in [1.54, 1.807) is 30.5 Å². The van der Waals surface area contributed by atoms with Gasteiger partial charge in [-0.15, -0.1) is 0 Å². The number of carbonyl (C=O) groups excluding carboxylic acids is 2. The second kappa shape index (κ2) is 22.4. The Morgan fingerprint density at radius 3 is 2.48 bits per heavy atom. The van der Waals surface area contributed by atoms with Gasteiger partial charge in [-0.3, -0.25) is 19.8 Å². The van der Waals surface area contributed by atoms with Crippen molar-refractivity contribution in [3.63, 3.8) is 0 Å². The number of imide groups is 1. The molecule has 2 amide bonds. The van der Waals surface area contributed by atoms with E-state index < -0.39 is 5.91 Å². The topological polar surface area (TPSA) is 109 Å². The second-order valence-corrected chi connectivity index (χ2v) is 8.57. The molecule has 0 aromatic carbocycles. The number of amides is 2. The molecule has 2 aliphatic heterocycles. The summed E-state index contributed by atoms with van der Waals surface area (Å²) in [6.45, 7) is 28.0. The van der Waals surface area contributed by atoms with Gasteiger partial charge in [0.25, 0.3) is 5.91 Å². The monoisotopic (exact) mass is 557 g/mol. The molecular formula is C31H51N5O4. The van der Waals surface area contributed by atoms with E-state index in [1.807, 2.05) is 33.8 Å². The Morgan fingerprint density at radius 2 is 1.93 bits per heavy atom. The van der Waals surface area contributed by atoms with Crippen molar-refractivity contribution in [2.75, 3.05) is 59.1 Å². The number of hydrogen-bond donors (Lipinski definition) is 3. The van der Waals surface area contributed by atoms with Crippen LogP contribution in [0.25, 0.3) is 0 Å². The standard InChI is InChI=1S/C21H29N3O4.C8H16N2.C2H6/c1-4-6-18(28-12-9-24-7-10-27-11-8-24)13-17-14-20(25)23-21(26)19(17)15-22-16(3)5-2;1-4-8(3)10(5-2)7-6-9;1-2/h4-6,13,15,22H,1,7-12,14H2,2-3H3,(H,23,25,26);4H,1,3,5-7,9H2,2H3;1-2H3/b16-5+,17-13+,18-6+,19-15-;;. The minimum Gasteiger partial charge on any atom is -0.492 e. The molecule has 0 spiro atoms. The van der Waals surface area contributed by atoms with Crippen LogP contribution in [0.5, 0.6) is 0 Å². The summed E-state index contributed by atoms with van der Waals surface area (Å²) in [7, 11) is 0. The first-order valence-electron chi connectivity index (χ1n) is 14.0. The third-order valence-electron chi connectivity index (χ3n) is 5.87. The molecule has 40 heavy (non-hydrogen) atoms. The summed E-state index contributed by atoms with van der Waals surface area (Å²) in [4.78, 5) is 28.5. The number of carbonyl (C=O) groups is 2. The summed E-state index contributed by atoms with van der Waals surface area (Å²) in [6, 6.07) is 0. The zero-order chi connectivity index (χ0) is 30.3. The summed E-state index contributed by atoms with van der Waals surface area (Å²) in [5, 5.41) is 5.40. The number of piperidine rings is 1. The van der Waals surface area contributed by atoms with Crippen LogP contribution in [-0.2, 0) is 19.1 Å². The molecule has 224 valence electrons. The fourth-order valence-corrected chi connectivity index (χ4v) is 3.54. The van der Waals surface area contributed by atoms with E-state index in [9.17, 15) is 9.59 Å². The highest BCUT2D eigenvalue weighted by atomic mass is 16.5. The number of nitrogens with zero attached hydrogens (tertiary/aromatic N) is 2. The highest BCUT2D eigenvalue weighted by Crippen LogP contribution is 2.21.